The number of piperidine rings is 1. The second kappa shape index (κ2) is 8.17. The quantitative estimate of drug-likeness (QED) is 0.881. The van der Waals surface area contributed by atoms with E-state index in [9.17, 15) is 9.18 Å². The van der Waals surface area contributed by atoms with Gasteiger partial charge in [0, 0.05) is 17.6 Å². The van der Waals surface area contributed by atoms with Gasteiger partial charge in [-0.25, -0.2) is 4.39 Å². The van der Waals surface area contributed by atoms with Crippen LogP contribution in [0.3, 0.4) is 0 Å². The summed E-state index contributed by atoms with van der Waals surface area (Å²) in [5, 5.41) is 3.08. The number of methoxy groups -OCH3 is 1. The van der Waals surface area contributed by atoms with Gasteiger partial charge in [-0.2, -0.15) is 0 Å². The number of nitrogens with one attached hydrogen (secondary N) is 1. The highest BCUT2D eigenvalue weighted by Crippen LogP contribution is 2.35. The van der Waals surface area contributed by atoms with E-state index in [2.05, 4.69) is 10.2 Å². The molecule has 1 aliphatic carbocycles. The number of hydrogen-bond acceptors (Lipinski definition) is 3. The molecule has 1 aromatic rings. The largest absolute Gasteiger partial charge is 0.494 e. The predicted molar refractivity (Wildman–Crippen MR) is 96.5 cm³/mol. The van der Waals surface area contributed by atoms with Gasteiger partial charge in [-0.1, -0.05) is 25.7 Å². The first-order chi connectivity index (χ1) is 12.1. The summed E-state index contributed by atoms with van der Waals surface area (Å²) in [6.45, 7) is 2.92. The molecular formula is C20H29FN2O2. The van der Waals surface area contributed by atoms with Gasteiger partial charge in [-0.15, -0.1) is 0 Å². The molecule has 1 heterocycles. The molecule has 0 unspecified atom stereocenters. The van der Waals surface area contributed by atoms with E-state index in [0.29, 0.717) is 12.1 Å². The fourth-order valence-electron chi connectivity index (χ4n) is 4.34. The summed E-state index contributed by atoms with van der Waals surface area (Å²) >= 11 is 0. The van der Waals surface area contributed by atoms with Crippen molar-refractivity contribution in [2.24, 2.45) is 0 Å². The monoisotopic (exact) mass is 348 g/mol. The molecule has 0 atom stereocenters. The molecule has 1 saturated heterocycles. The Labute approximate surface area is 149 Å². The molecule has 5 heteroatoms. The highest BCUT2D eigenvalue weighted by molar-refractivity contribution is 5.94. The number of likely N-dealkylation sites (tertiary alicyclic amines) is 1. The summed E-state index contributed by atoms with van der Waals surface area (Å²) in [6, 6.07) is 4.37. The van der Waals surface area contributed by atoms with Crippen LogP contribution in [-0.4, -0.2) is 43.1 Å². The Bertz CT molecular complexity index is 593. The lowest BCUT2D eigenvalue weighted by atomic mass is 9.79. The molecule has 138 valence electrons. The molecule has 0 radical (unpaired) electrons. The first kappa shape index (κ1) is 18.2. The Morgan fingerprint density at radius 3 is 2.48 bits per heavy atom. The first-order valence-corrected chi connectivity index (χ1v) is 9.51. The maximum atomic E-state index is 13.9. The summed E-state index contributed by atoms with van der Waals surface area (Å²) in [5.74, 6) is -0.546. The van der Waals surface area contributed by atoms with E-state index in [4.69, 9.17) is 4.74 Å². The van der Waals surface area contributed by atoms with E-state index in [0.717, 1.165) is 25.9 Å². The fourth-order valence-corrected chi connectivity index (χ4v) is 4.34. The molecule has 3 rings (SSSR count). The van der Waals surface area contributed by atoms with Crippen LogP contribution >= 0.6 is 0 Å². The van der Waals surface area contributed by atoms with Gasteiger partial charge in [0.1, 0.15) is 0 Å². The molecule has 4 nitrogen and oxygen atoms in total. The van der Waals surface area contributed by atoms with Crippen molar-refractivity contribution in [1.29, 1.82) is 0 Å². The topological polar surface area (TPSA) is 41.6 Å². The van der Waals surface area contributed by atoms with Gasteiger partial charge >= 0.3 is 0 Å². The third-order valence-corrected chi connectivity index (χ3v) is 5.80. The Balaban J connectivity index is 1.68. The van der Waals surface area contributed by atoms with E-state index in [1.165, 1.54) is 57.8 Å². The highest BCUT2D eigenvalue weighted by Gasteiger charge is 2.38. The van der Waals surface area contributed by atoms with Crippen LogP contribution in [0.15, 0.2) is 18.2 Å². The van der Waals surface area contributed by atoms with E-state index in [1.807, 2.05) is 0 Å². The fraction of sp³-hybridized carbons (Fsp3) is 0.650. The third-order valence-electron chi connectivity index (χ3n) is 5.80. The molecule has 25 heavy (non-hydrogen) atoms. The summed E-state index contributed by atoms with van der Waals surface area (Å²) < 4.78 is 18.8. The van der Waals surface area contributed by atoms with Crippen molar-refractivity contribution < 1.29 is 13.9 Å². The maximum Gasteiger partial charge on any atom is 0.251 e. The van der Waals surface area contributed by atoms with Crippen LogP contribution in [0.5, 0.6) is 5.75 Å². The zero-order chi connectivity index (χ0) is 17.7. The normalized spacial score (nSPS) is 20.9. The molecule has 0 bridgehead atoms. The SMILES string of the molecule is COc1ccc(C(=O)NCC2(N3CCCCC3)CCCCC2)cc1F. The summed E-state index contributed by atoms with van der Waals surface area (Å²) in [6.07, 6.45) is 9.83. The number of amides is 1. The number of rotatable bonds is 5. The van der Waals surface area contributed by atoms with Crippen molar-refractivity contribution in [3.63, 3.8) is 0 Å². The highest BCUT2D eigenvalue weighted by atomic mass is 19.1. The molecule has 1 saturated carbocycles. The van der Waals surface area contributed by atoms with Crippen molar-refractivity contribution >= 4 is 5.91 Å². The van der Waals surface area contributed by atoms with Crippen LogP contribution < -0.4 is 10.1 Å². The predicted octanol–water partition coefficient (Wildman–Crippen LogP) is 3.75. The minimum atomic E-state index is -0.501. The lowest BCUT2D eigenvalue weighted by Crippen LogP contribution is -2.58. The van der Waals surface area contributed by atoms with Crippen LogP contribution in [0.25, 0.3) is 0 Å². The minimum absolute atomic E-state index is 0.0827. The molecule has 1 aromatic carbocycles. The van der Waals surface area contributed by atoms with Gasteiger partial charge in [0.05, 0.1) is 7.11 Å². The standard InChI is InChI=1S/C20H29FN2O2/c1-25-18-9-8-16(14-17(18)21)19(24)22-15-20(10-4-2-5-11-20)23-12-6-3-7-13-23/h8-9,14H,2-7,10-13,15H2,1H3,(H,22,24). The lowest BCUT2D eigenvalue weighted by Gasteiger charge is -2.48. The van der Waals surface area contributed by atoms with Crippen molar-refractivity contribution in [3.8, 4) is 5.75 Å². The number of carbonyl (C=O) groups excluding carboxylic acids is 1. The molecule has 1 amide bonds. The molecular weight excluding hydrogens is 319 g/mol. The number of hydrogen-bond donors (Lipinski definition) is 1. The van der Waals surface area contributed by atoms with Crippen LogP contribution in [0.2, 0.25) is 0 Å². The van der Waals surface area contributed by atoms with Gasteiger partial charge in [0.2, 0.25) is 0 Å². The van der Waals surface area contributed by atoms with Crippen LogP contribution in [0.4, 0.5) is 4.39 Å². The number of ether oxygens (including phenoxy) is 1. The van der Waals surface area contributed by atoms with Crippen LogP contribution in [-0.2, 0) is 0 Å². The van der Waals surface area contributed by atoms with Gasteiger partial charge in [-0.05, 0) is 57.0 Å². The Kier molecular flexibility index (Phi) is 5.94. The summed E-state index contributed by atoms with van der Waals surface area (Å²) in [7, 11) is 1.42. The summed E-state index contributed by atoms with van der Waals surface area (Å²) in [4.78, 5) is 15.1. The van der Waals surface area contributed by atoms with E-state index in [1.54, 1.807) is 6.07 Å². The van der Waals surface area contributed by atoms with E-state index >= 15 is 0 Å². The average molecular weight is 348 g/mol. The van der Waals surface area contributed by atoms with Gasteiger partial charge in [0.15, 0.2) is 11.6 Å². The zero-order valence-corrected chi connectivity index (χ0v) is 15.2. The maximum absolute atomic E-state index is 13.9. The number of halogens is 1. The number of benzene rings is 1. The van der Waals surface area contributed by atoms with Crippen molar-refractivity contribution in [2.45, 2.75) is 56.9 Å². The van der Waals surface area contributed by atoms with Crippen molar-refractivity contribution in [1.82, 2.24) is 10.2 Å². The van der Waals surface area contributed by atoms with E-state index < -0.39 is 5.82 Å². The second-order valence-corrected chi connectivity index (χ2v) is 7.36. The van der Waals surface area contributed by atoms with E-state index in [-0.39, 0.29) is 17.2 Å². The van der Waals surface area contributed by atoms with Gasteiger partial charge in [0.25, 0.3) is 5.91 Å². The number of nitrogens with zero attached hydrogens (tertiary/aromatic N) is 1. The number of carbonyl (C=O) groups is 1. The summed E-state index contributed by atoms with van der Waals surface area (Å²) in [5.41, 5.74) is 0.433. The molecule has 0 spiro atoms. The average Bonchev–Trinajstić information content (AvgIpc) is 2.67. The zero-order valence-electron chi connectivity index (χ0n) is 15.2. The van der Waals surface area contributed by atoms with Crippen molar-refractivity contribution in [2.75, 3.05) is 26.7 Å². The first-order valence-electron chi connectivity index (χ1n) is 9.51. The molecule has 2 aliphatic rings. The minimum Gasteiger partial charge on any atom is -0.494 e. The Morgan fingerprint density at radius 1 is 1.16 bits per heavy atom. The van der Waals surface area contributed by atoms with Crippen LogP contribution in [0, 0.1) is 5.82 Å². The van der Waals surface area contributed by atoms with Gasteiger partial charge < -0.3 is 10.1 Å². The molecule has 0 aromatic heterocycles. The smallest absolute Gasteiger partial charge is 0.251 e. The van der Waals surface area contributed by atoms with Gasteiger partial charge in [-0.3, -0.25) is 9.69 Å². The Morgan fingerprint density at radius 2 is 1.84 bits per heavy atom. The van der Waals surface area contributed by atoms with Crippen molar-refractivity contribution in [3.05, 3.63) is 29.6 Å². The lowest BCUT2D eigenvalue weighted by molar-refractivity contribution is 0.0326. The molecule has 2 fully saturated rings. The second-order valence-electron chi connectivity index (χ2n) is 7.36. The molecule has 1 N–H and O–H groups in total. The third kappa shape index (κ3) is 4.14. The molecule has 1 aliphatic heterocycles. The Hall–Kier alpha value is -1.62. The van der Waals surface area contributed by atoms with Crippen LogP contribution in [0.1, 0.15) is 61.7 Å².